The largest absolute Gasteiger partial charge is 0.573 e. The van der Waals surface area contributed by atoms with E-state index in [0.29, 0.717) is 46.3 Å². The van der Waals surface area contributed by atoms with Crippen molar-refractivity contribution in [1.29, 1.82) is 0 Å². The van der Waals surface area contributed by atoms with Crippen molar-refractivity contribution in [3.05, 3.63) is 76.8 Å². The Hall–Kier alpha value is -4.12. The summed E-state index contributed by atoms with van der Waals surface area (Å²) in [5.41, 5.74) is 1.55. The molecule has 0 saturated carbocycles. The van der Waals surface area contributed by atoms with E-state index in [1.165, 1.54) is 30.2 Å². The number of halogens is 4. The predicted octanol–water partition coefficient (Wildman–Crippen LogP) is 7.74. The van der Waals surface area contributed by atoms with Crippen molar-refractivity contribution in [2.45, 2.75) is 58.5 Å². The van der Waals surface area contributed by atoms with Crippen LogP contribution in [0, 0.1) is 5.92 Å². The van der Waals surface area contributed by atoms with E-state index in [1.54, 1.807) is 49.4 Å². The maximum atomic E-state index is 14.1. The summed E-state index contributed by atoms with van der Waals surface area (Å²) in [5.74, 6) is -0.605. The maximum Gasteiger partial charge on any atom is 0.573 e. The summed E-state index contributed by atoms with van der Waals surface area (Å²) >= 11 is 6.12. The van der Waals surface area contributed by atoms with Crippen LogP contribution in [0.4, 0.5) is 24.5 Å². The number of alkyl halides is 3. The monoisotopic (exact) mass is 648 g/mol. The Morgan fingerprint density at radius 1 is 0.978 bits per heavy atom. The number of hydrogen-bond donors (Lipinski definition) is 1. The van der Waals surface area contributed by atoms with E-state index < -0.39 is 29.7 Å². The topological polar surface area (TPSA) is 86.3 Å². The van der Waals surface area contributed by atoms with Crippen molar-refractivity contribution in [3.8, 4) is 17.2 Å². The molecule has 0 saturated heterocycles. The van der Waals surface area contributed by atoms with E-state index in [-0.39, 0.29) is 25.0 Å². The van der Waals surface area contributed by atoms with E-state index in [1.807, 2.05) is 20.8 Å². The highest BCUT2D eigenvalue weighted by Gasteiger charge is 2.35. The third-order valence-electron chi connectivity index (χ3n) is 6.96. The molecule has 2 unspecified atom stereocenters. The van der Waals surface area contributed by atoms with Crippen LogP contribution in [0.15, 0.2) is 60.7 Å². The Bertz CT molecular complexity index is 1510. The molecule has 0 fully saturated rings. The Morgan fingerprint density at radius 3 is 2.31 bits per heavy atom. The van der Waals surface area contributed by atoms with Crippen LogP contribution in [0.25, 0.3) is 0 Å². The van der Waals surface area contributed by atoms with Gasteiger partial charge in [0.1, 0.15) is 28.9 Å². The van der Waals surface area contributed by atoms with Crippen molar-refractivity contribution >= 4 is 34.9 Å². The second-order valence-corrected chi connectivity index (χ2v) is 12.1. The van der Waals surface area contributed by atoms with Gasteiger partial charge in [-0.3, -0.25) is 9.59 Å². The molecule has 2 atom stereocenters. The first-order valence-electron chi connectivity index (χ1n) is 14.4. The molecule has 0 aromatic heterocycles. The van der Waals surface area contributed by atoms with Crippen LogP contribution in [0.5, 0.6) is 17.2 Å². The fourth-order valence-electron chi connectivity index (χ4n) is 4.78. The molecule has 3 aromatic carbocycles. The number of carbonyl (C=O) groups is 2. The number of carbonyl (C=O) groups excluding carboxylic acids is 2. The molecule has 0 spiro atoms. The SMILES string of the molecule is COc1cc(NC(C(=O)N2CCc3ccc(OC(F)(F)F)cc32)c2ccc(Cl)cc2)cc(OCCC(C)C(=O)OC(C)(C)C)c1. The quantitative estimate of drug-likeness (QED) is 0.213. The smallest absolute Gasteiger partial charge is 0.497 e. The number of methoxy groups -OCH3 is 1. The Balaban J connectivity index is 1.57. The van der Waals surface area contributed by atoms with Crippen molar-refractivity contribution in [3.63, 3.8) is 0 Å². The van der Waals surface area contributed by atoms with Crippen LogP contribution in [-0.4, -0.2) is 44.1 Å². The van der Waals surface area contributed by atoms with E-state index in [4.69, 9.17) is 25.8 Å². The van der Waals surface area contributed by atoms with Crippen molar-refractivity contribution in [2.24, 2.45) is 5.92 Å². The van der Waals surface area contributed by atoms with Gasteiger partial charge in [0.2, 0.25) is 0 Å². The highest BCUT2D eigenvalue weighted by Crippen LogP contribution is 2.37. The molecule has 1 aliphatic rings. The lowest BCUT2D eigenvalue weighted by Crippen LogP contribution is -2.37. The van der Waals surface area contributed by atoms with Gasteiger partial charge in [-0.05, 0) is 62.9 Å². The third kappa shape index (κ3) is 9.43. The zero-order valence-corrected chi connectivity index (χ0v) is 26.4. The van der Waals surface area contributed by atoms with E-state index in [0.717, 1.165) is 5.56 Å². The summed E-state index contributed by atoms with van der Waals surface area (Å²) in [6.45, 7) is 7.69. The third-order valence-corrected chi connectivity index (χ3v) is 7.21. The average Bonchev–Trinajstić information content (AvgIpc) is 3.37. The van der Waals surface area contributed by atoms with Crippen LogP contribution < -0.4 is 24.4 Å². The predicted molar refractivity (Wildman–Crippen MR) is 165 cm³/mol. The Morgan fingerprint density at radius 2 is 1.67 bits per heavy atom. The van der Waals surface area contributed by atoms with Gasteiger partial charge < -0.3 is 29.2 Å². The lowest BCUT2D eigenvalue weighted by molar-refractivity contribution is -0.274. The average molecular weight is 649 g/mol. The molecule has 45 heavy (non-hydrogen) atoms. The lowest BCUT2D eigenvalue weighted by atomic mass is 10.0. The molecular formula is C33H36ClF3N2O6. The first-order valence-corrected chi connectivity index (χ1v) is 14.8. The zero-order chi connectivity index (χ0) is 32.9. The molecule has 0 radical (unpaired) electrons. The van der Waals surface area contributed by atoms with Gasteiger partial charge in [-0.2, -0.15) is 0 Å². The number of fused-ring (bicyclic) bond motifs is 1. The number of amides is 1. The van der Waals surface area contributed by atoms with Gasteiger partial charge in [0, 0.05) is 41.5 Å². The molecule has 1 N–H and O–H groups in total. The lowest BCUT2D eigenvalue weighted by Gasteiger charge is -2.27. The molecule has 4 rings (SSSR count). The van der Waals surface area contributed by atoms with E-state index in [2.05, 4.69) is 10.1 Å². The van der Waals surface area contributed by atoms with Gasteiger partial charge in [-0.1, -0.05) is 36.7 Å². The molecule has 0 bridgehead atoms. The number of nitrogens with zero attached hydrogens (tertiary/aromatic N) is 1. The van der Waals surface area contributed by atoms with E-state index in [9.17, 15) is 22.8 Å². The number of nitrogens with one attached hydrogen (secondary N) is 1. The first kappa shape index (κ1) is 33.8. The second-order valence-electron chi connectivity index (χ2n) is 11.7. The number of benzene rings is 3. The number of hydrogen-bond acceptors (Lipinski definition) is 7. The summed E-state index contributed by atoms with van der Waals surface area (Å²) in [6, 6.07) is 14.8. The second kappa shape index (κ2) is 13.9. The highest BCUT2D eigenvalue weighted by atomic mass is 35.5. The van der Waals surface area contributed by atoms with Crippen molar-refractivity contribution < 1.29 is 41.7 Å². The summed E-state index contributed by atoms with van der Waals surface area (Å²) in [6.07, 6.45) is -3.98. The number of esters is 1. The van der Waals surface area contributed by atoms with Gasteiger partial charge >= 0.3 is 12.3 Å². The minimum atomic E-state index is -4.87. The molecular weight excluding hydrogens is 613 g/mol. The fourth-order valence-corrected chi connectivity index (χ4v) is 4.91. The molecule has 1 heterocycles. The molecule has 0 aliphatic carbocycles. The first-order chi connectivity index (χ1) is 21.1. The normalized spacial score (nSPS) is 14.3. The highest BCUT2D eigenvalue weighted by molar-refractivity contribution is 6.30. The molecule has 242 valence electrons. The summed E-state index contributed by atoms with van der Waals surface area (Å²) in [5, 5.41) is 3.73. The summed E-state index contributed by atoms with van der Waals surface area (Å²) in [4.78, 5) is 27.9. The van der Waals surface area contributed by atoms with Crippen LogP contribution in [-0.2, 0) is 20.7 Å². The minimum Gasteiger partial charge on any atom is -0.497 e. The zero-order valence-electron chi connectivity index (χ0n) is 25.7. The summed E-state index contributed by atoms with van der Waals surface area (Å²) < 4.78 is 59.7. The van der Waals surface area contributed by atoms with Crippen molar-refractivity contribution in [1.82, 2.24) is 0 Å². The van der Waals surface area contributed by atoms with Gasteiger partial charge in [-0.25, -0.2) is 0 Å². The Labute approximate surface area is 265 Å². The van der Waals surface area contributed by atoms with Crippen LogP contribution in [0.3, 0.4) is 0 Å². The fraction of sp³-hybridized carbons (Fsp3) is 0.394. The molecule has 8 nitrogen and oxygen atoms in total. The van der Waals surface area contributed by atoms with Crippen LogP contribution in [0.2, 0.25) is 5.02 Å². The maximum absolute atomic E-state index is 14.1. The number of rotatable bonds is 11. The minimum absolute atomic E-state index is 0.222. The molecule has 3 aromatic rings. The molecule has 1 aliphatic heterocycles. The summed E-state index contributed by atoms with van der Waals surface area (Å²) in [7, 11) is 1.50. The van der Waals surface area contributed by atoms with Crippen LogP contribution >= 0.6 is 11.6 Å². The Kier molecular flexibility index (Phi) is 10.4. The number of ether oxygens (including phenoxy) is 4. The van der Waals surface area contributed by atoms with E-state index >= 15 is 0 Å². The standard InChI is InChI=1S/C33H36ClF3N2O6/c1-20(31(41)45-32(2,3)4)13-15-43-27-17-24(16-26(18-27)42-5)38-29(22-6-9-23(34)10-7-22)30(40)39-14-12-21-8-11-25(19-28(21)39)44-33(35,36)37/h6-11,16-20,29,38H,12-15H2,1-5H3. The van der Waals surface area contributed by atoms with Gasteiger partial charge in [0.05, 0.1) is 25.3 Å². The van der Waals surface area contributed by atoms with Crippen LogP contribution in [0.1, 0.15) is 51.3 Å². The van der Waals surface area contributed by atoms with Gasteiger partial charge in [0.25, 0.3) is 5.91 Å². The molecule has 1 amide bonds. The molecule has 12 heteroatoms. The van der Waals surface area contributed by atoms with Gasteiger partial charge in [-0.15, -0.1) is 13.2 Å². The van der Waals surface area contributed by atoms with Crippen molar-refractivity contribution in [2.75, 3.05) is 30.5 Å². The number of anilines is 2. The van der Waals surface area contributed by atoms with Gasteiger partial charge in [0.15, 0.2) is 0 Å².